The third-order valence-electron chi connectivity index (χ3n) is 4.22. The molecule has 0 spiro atoms. The Labute approximate surface area is 167 Å². The van der Waals surface area contributed by atoms with E-state index in [0.29, 0.717) is 11.1 Å². The molecule has 2 heterocycles. The molecule has 27 heavy (non-hydrogen) atoms. The molecule has 2 amide bonds. The molecule has 0 bridgehead atoms. The second kappa shape index (κ2) is 6.49. The Kier molecular flexibility index (Phi) is 4.26. The molecule has 0 saturated carbocycles. The van der Waals surface area contributed by atoms with Crippen LogP contribution in [-0.4, -0.2) is 22.9 Å². The third kappa shape index (κ3) is 2.65. The SMILES string of the molecule is O=C(O)c1c(-c2cccc(Cl)c2Cl)csc1N1C(=O)c2ccccc2C1=O. The van der Waals surface area contributed by atoms with E-state index < -0.39 is 17.8 Å². The third-order valence-corrected chi connectivity index (χ3v) is 6.01. The van der Waals surface area contributed by atoms with E-state index in [1.807, 2.05) is 0 Å². The number of imide groups is 1. The minimum atomic E-state index is -1.27. The number of carbonyl (C=O) groups excluding carboxylic acids is 2. The minimum absolute atomic E-state index is 0.0414. The number of carbonyl (C=O) groups is 3. The van der Waals surface area contributed by atoms with Crippen molar-refractivity contribution in [3.63, 3.8) is 0 Å². The molecule has 134 valence electrons. The van der Waals surface area contributed by atoms with E-state index in [2.05, 4.69) is 0 Å². The van der Waals surface area contributed by atoms with Gasteiger partial charge in [0, 0.05) is 16.5 Å². The highest BCUT2D eigenvalue weighted by Gasteiger charge is 2.40. The highest BCUT2D eigenvalue weighted by Crippen LogP contribution is 2.44. The molecular weight excluding hydrogens is 409 g/mol. The summed E-state index contributed by atoms with van der Waals surface area (Å²) in [4.78, 5) is 38.3. The largest absolute Gasteiger partial charge is 0.478 e. The zero-order chi connectivity index (χ0) is 19.3. The molecule has 0 radical (unpaired) electrons. The fraction of sp³-hybridized carbons (Fsp3) is 0. The number of aromatic carboxylic acids is 1. The summed E-state index contributed by atoms with van der Waals surface area (Å²) in [5, 5.41) is 11.9. The molecule has 1 N–H and O–H groups in total. The van der Waals surface area contributed by atoms with Gasteiger partial charge < -0.3 is 5.11 Å². The number of hydrogen-bond acceptors (Lipinski definition) is 4. The minimum Gasteiger partial charge on any atom is -0.478 e. The monoisotopic (exact) mass is 417 g/mol. The second-order valence-corrected chi connectivity index (χ2v) is 7.37. The topological polar surface area (TPSA) is 74.7 Å². The Bertz CT molecular complexity index is 1100. The van der Waals surface area contributed by atoms with Crippen molar-refractivity contribution in [1.82, 2.24) is 0 Å². The van der Waals surface area contributed by atoms with Gasteiger partial charge in [0.15, 0.2) is 0 Å². The van der Waals surface area contributed by atoms with Gasteiger partial charge in [-0.25, -0.2) is 9.69 Å². The number of halogens is 2. The molecule has 0 aliphatic carbocycles. The lowest BCUT2D eigenvalue weighted by Gasteiger charge is -2.13. The van der Waals surface area contributed by atoms with Gasteiger partial charge >= 0.3 is 5.97 Å². The Morgan fingerprint density at radius 2 is 1.48 bits per heavy atom. The van der Waals surface area contributed by atoms with Gasteiger partial charge in [0.05, 0.1) is 21.2 Å². The number of carboxylic acid groups (broad SMARTS) is 1. The zero-order valence-corrected chi connectivity index (χ0v) is 15.7. The number of benzene rings is 2. The maximum atomic E-state index is 12.7. The first-order valence-corrected chi connectivity index (χ1v) is 9.32. The molecule has 5 nitrogen and oxygen atoms in total. The number of carboxylic acids is 1. The van der Waals surface area contributed by atoms with Crippen LogP contribution in [0.2, 0.25) is 10.0 Å². The molecule has 1 aliphatic heterocycles. The molecule has 3 aromatic rings. The van der Waals surface area contributed by atoms with Crippen LogP contribution in [0, 0.1) is 0 Å². The molecule has 4 rings (SSSR count). The maximum Gasteiger partial charge on any atom is 0.339 e. The van der Waals surface area contributed by atoms with Crippen molar-refractivity contribution in [1.29, 1.82) is 0 Å². The summed E-state index contributed by atoms with van der Waals surface area (Å²) in [7, 11) is 0. The van der Waals surface area contributed by atoms with Crippen LogP contribution in [0.25, 0.3) is 11.1 Å². The highest BCUT2D eigenvalue weighted by atomic mass is 35.5. The Hall–Kier alpha value is -2.67. The average molecular weight is 418 g/mol. The Morgan fingerprint density at radius 3 is 2.07 bits per heavy atom. The predicted octanol–water partition coefficient (Wildman–Crippen LogP) is 5.22. The molecule has 0 saturated heterocycles. The van der Waals surface area contributed by atoms with E-state index >= 15 is 0 Å². The number of hydrogen-bond donors (Lipinski definition) is 1. The average Bonchev–Trinajstić information content (AvgIpc) is 3.18. The van der Waals surface area contributed by atoms with Gasteiger partial charge in [-0.15, -0.1) is 11.3 Å². The van der Waals surface area contributed by atoms with Gasteiger partial charge in [0.1, 0.15) is 10.6 Å². The molecule has 0 fully saturated rings. The van der Waals surface area contributed by atoms with Crippen LogP contribution < -0.4 is 4.90 Å². The Balaban J connectivity index is 1.91. The van der Waals surface area contributed by atoms with Crippen molar-refractivity contribution < 1.29 is 19.5 Å². The molecular formula is C19H9Cl2NO4S. The lowest BCUT2D eigenvalue weighted by Crippen LogP contribution is -2.30. The van der Waals surface area contributed by atoms with E-state index in [1.54, 1.807) is 47.8 Å². The van der Waals surface area contributed by atoms with Crippen LogP contribution in [0.1, 0.15) is 31.1 Å². The van der Waals surface area contributed by atoms with Crippen molar-refractivity contribution >= 4 is 57.3 Å². The van der Waals surface area contributed by atoms with Crippen LogP contribution in [-0.2, 0) is 0 Å². The summed E-state index contributed by atoms with van der Waals surface area (Å²) < 4.78 is 0. The standard InChI is InChI=1S/C19H9Cl2NO4S/c20-13-7-3-6-9(15(13)21)12-8-27-18(14(12)19(25)26)22-16(23)10-4-1-2-5-11(10)17(22)24/h1-8H,(H,25,26). The van der Waals surface area contributed by atoms with Crippen LogP contribution in [0.15, 0.2) is 47.8 Å². The van der Waals surface area contributed by atoms with Crippen molar-refractivity contribution in [2.24, 2.45) is 0 Å². The molecule has 1 aliphatic rings. The highest BCUT2D eigenvalue weighted by molar-refractivity contribution is 7.15. The van der Waals surface area contributed by atoms with E-state index in [-0.39, 0.29) is 31.7 Å². The summed E-state index contributed by atoms with van der Waals surface area (Å²) in [6.45, 7) is 0. The molecule has 1 aromatic heterocycles. The number of fused-ring (bicyclic) bond motifs is 1. The van der Waals surface area contributed by atoms with E-state index in [9.17, 15) is 19.5 Å². The molecule has 0 atom stereocenters. The fourth-order valence-corrected chi connectivity index (χ4v) is 4.47. The smallest absolute Gasteiger partial charge is 0.339 e. The fourth-order valence-electron chi connectivity index (χ4n) is 3.00. The second-order valence-electron chi connectivity index (χ2n) is 5.73. The summed E-state index contributed by atoms with van der Waals surface area (Å²) in [6, 6.07) is 11.2. The lowest BCUT2D eigenvalue weighted by molar-refractivity contribution is 0.0699. The maximum absolute atomic E-state index is 12.7. The van der Waals surface area contributed by atoms with Crippen molar-refractivity contribution in [3.05, 3.63) is 74.6 Å². The van der Waals surface area contributed by atoms with Gasteiger partial charge in [-0.1, -0.05) is 47.5 Å². The first-order valence-electron chi connectivity index (χ1n) is 7.68. The summed E-state index contributed by atoms with van der Waals surface area (Å²) in [6.07, 6.45) is 0. The van der Waals surface area contributed by atoms with Crippen molar-refractivity contribution in [2.75, 3.05) is 4.90 Å². The summed E-state index contributed by atoms with van der Waals surface area (Å²) >= 11 is 13.3. The van der Waals surface area contributed by atoms with E-state index in [4.69, 9.17) is 23.2 Å². The normalized spacial score (nSPS) is 13.2. The molecule has 0 unspecified atom stereocenters. The molecule has 2 aromatic carbocycles. The van der Waals surface area contributed by atoms with Gasteiger partial charge in [-0.05, 0) is 18.2 Å². The number of nitrogens with zero attached hydrogens (tertiary/aromatic N) is 1. The predicted molar refractivity (Wildman–Crippen MR) is 104 cm³/mol. The van der Waals surface area contributed by atoms with Crippen LogP contribution in [0.5, 0.6) is 0 Å². The van der Waals surface area contributed by atoms with Crippen LogP contribution in [0.4, 0.5) is 5.00 Å². The lowest BCUT2D eigenvalue weighted by atomic mass is 10.0. The van der Waals surface area contributed by atoms with E-state index in [1.165, 1.54) is 0 Å². The molecule has 8 heteroatoms. The first-order chi connectivity index (χ1) is 12.9. The zero-order valence-electron chi connectivity index (χ0n) is 13.4. The summed E-state index contributed by atoms with van der Waals surface area (Å²) in [5.74, 6) is -2.37. The quantitative estimate of drug-likeness (QED) is 0.592. The number of anilines is 1. The van der Waals surface area contributed by atoms with Gasteiger partial charge in [0.25, 0.3) is 11.8 Å². The van der Waals surface area contributed by atoms with Crippen LogP contribution in [0.3, 0.4) is 0 Å². The van der Waals surface area contributed by atoms with Gasteiger partial charge in [0.2, 0.25) is 0 Å². The number of rotatable bonds is 3. The van der Waals surface area contributed by atoms with Gasteiger partial charge in [-0.3, -0.25) is 9.59 Å². The number of thiophene rings is 1. The first kappa shape index (κ1) is 17.7. The van der Waals surface area contributed by atoms with Gasteiger partial charge in [-0.2, -0.15) is 0 Å². The van der Waals surface area contributed by atoms with Crippen LogP contribution >= 0.6 is 34.5 Å². The summed E-state index contributed by atoms with van der Waals surface area (Å²) in [5.41, 5.74) is 1.04. The number of amides is 2. The van der Waals surface area contributed by atoms with E-state index in [0.717, 1.165) is 16.2 Å². The Morgan fingerprint density at radius 1 is 0.889 bits per heavy atom. The van der Waals surface area contributed by atoms with Crippen molar-refractivity contribution in [2.45, 2.75) is 0 Å². The van der Waals surface area contributed by atoms with Crippen molar-refractivity contribution in [3.8, 4) is 11.1 Å².